The Kier molecular flexibility index (Phi) is 5.08. The van der Waals surface area contributed by atoms with Crippen molar-refractivity contribution in [1.82, 2.24) is 10.2 Å². The summed E-state index contributed by atoms with van der Waals surface area (Å²) in [7, 11) is 0. The van der Waals surface area contributed by atoms with E-state index in [-0.39, 0.29) is 10.8 Å². The van der Waals surface area contributed by atoms with Crippen molar-refractivity contribution < 1.29 is 13.9 Å². The first kappa shape index (κ1) is 20.5. The Labute approximate surface area is 178 Å². The van der Waals surface area contributed by atoms with Gasteiger partial charge in [-0.15, -0.1) is 10.2 Å². The molecule has 1 aliphatic rings. The van der Waals surface area contributed by atoms with Crippen LogP contribution in [0.15, 0.2) is 40.8 Å². The molecule has 2 heterocycles. The van der Waals surface area contributed by atoms with Crippen molar-refractivity contribution >= 4 is 0 Å². The number of rotatable bonds is 3. The smallest absolute Gasteiger partial charge is 0.247 e. The van der Waals surface area contributed by atoms with Gasteiger partial charge in [0.2, 0.25) is 11.8 Å². The Bertz CT molecular complexity index is 1020. The summed E-state index contributed by atoms with van der Waals surface area (Å²) in [6.45, 7) is 14.5. The Morgan fingerprint density at radius 2 is 1.40 bits per heavy atom. The number of aromatic nitrogens is 2. The fourth-order valence-corrected chi connectivity index (χ4v) is 3.43. The molecule has 0 spiro atoms. The summed E-state index contributed by atoms with van der Waals surface area (Å²) in [5.74, 6) is 2.69. The van der Waals surface area contributed by atoms with Crippen molar-refractivity contribution in [1.29, 1.82) is 0 Å². The third kappa shape index (κ3) is 4.35. The highest BCUT2D eigenvalue weighted by Gasteiger charge is 2.22. The molecule has 0 saturated heterocycles. The molecule has 5 nitrogen and oxygen atoms in total. The third-order valence-electron chi connectivity index (χ3n) is 5.34. The van der Waals surface area contributed by atoms with Gasteiger partial charge in [0.05, 0.1) is 6.42 Å². The predicted octanol–water partition coefficient (Wildman–Crippen LogP) is 5.69. The average Bonchev–Trinajstić information content (AvgIpc) is 3.15. The lowest BCUT2D eigenvalue weighted by atomic mass is 9.79. The Balaban J connectivity index is 1.64. The lowest BCUT2D eigenvalue weighted by Crippen LogP contribution is -2.16. The zero-order chi connectivity index (χ0) is 21.5. The van der Waals surface area contributed by atoms with Crippen LogP contribution in [-0.4, -0.2) is 23.4 Å². The van der Waals surface area contributed by atoms with Crippen molar-refractivity contribution in [3.63, 3.8) is 0 Å². The average molecular weight is 407 g/mol. The van der Waals surface area contributed by atoms with Gasteiger partial charge in [0.1, 0.15) is 13.2 Å². The minimum atomic E-state index is 0.0318. The minimum absolute atomic E-state index is 0.0318. The zero-order valence-electron chi connectivity index (χ0n) is 18.7. The topological polar surface area (TPSA) is 57.4 Å². The van der Waals surface area contributed by atoms with Gasteiger partial charge in [-0.3, -0.25) is 0 Å². The van der Waals surface area contributed by atoms with Gasteiger partial charge in [-0.2, -0.15) is 0 Å². The SMILES string of the molecule is CC(C)(C)c1cc(-c2nnc(Cc3ccc4c(c3)OCCO4)o2)cc(C(C)(C)C)c1. The molecule has 0 unspecified atom stereocenters. The molecule has 1 aromatic heterocycles. The monoisotopic (exact) mass is 406 g/mol. The second kappa shape index (κ2) is 7.46. The predicted molar refractivity (Wildman–Crippen MR) is 117 cm³/mol. The van der Waals surface area contributed by atoms with Crippen LogP contribution in [0.2, 0.25) is 0 Å². The third-order valence-corrected chi connectivity index (χ3v) is 5.34. The standard InChI is InChI=1S/C25H30N2O3/c1-24(2,3)18-13-17(14-19(15-18)25(4,5)6)23-27-26-22(30-23)12-16-7-8-20-21(11-16)29-10-9-28-20/h7-8,11,13-15H,9-10,12H2,1-6H3. The van der Waals surface area contributed by atoms with Gasteiger partial charge in [-0.05, 0) is 51.8 Å². The van der Waals surface area contributed by atoms with Gasteiger partial charge in [0.15, 0.2) is 11.5 Å². The van der Waals surface area contributed by atoms with Crippen LogP contribution in [0.1, 0.15) is 64.1 Å². The quantitative estimate of drug-likeness (QED) is 0.559. The second-order valence-electron chi connectivity index (χ2n) is 9.95. The van der Waals surface area contributed by atoms with Crippen LogP contribution >= 0.6 is 0 Å². The lowest BCUT2D eigenvalue weighted by Gasteiger charge is -2.25. The summed E-state index contributed by atoms with van der Waals surface area (Å²) in [5.41, 5.74) is 4.60. The van der Waals surface area contributed by atoms with Crippen LogP contribution in [0.3, 0.4) is 0 Å². The number of hydrogen-bond acceptors (Lipinski definition) is 5. The molecule has 0 atom stereocenters. The molecule has 1 aliphatic heterocycles. The van der Waals surface area contributed by atoms with Crippen LogP contribution in [0.4, 0.5) is 0 Å². The van der Waals surface area contributed by atoms with E-state index in [1.165, 1.54) is 11.1 Å². The van der Waals surface area contributed by atoms with Crippen molar-refractivity contribution in [2.45, 2.75) is 58.8 Å². The second-order valence-corrected chi connectivity index (χ2v) is 9.95. The summed E-state index contributed by atoms with van der Waals surface area (Å²) < 4.78 is 17.3. The molecule has 2 aromatic carbocycles. The van der Waals surface area contributed by atoms with Gasteiger partial charge in [0, 0.05) is 5.56 Å². The summed E-state index contributed by atoms with van der Waals surface area (Å²) in [5, 5.41) is 8.64. The van der Waals surface area contributed by atoms with E-state index in [0.717, 1.165) is 22.6 Å². The van der Waals surface area contributed by atoms with Gasteiger partial charge in [-0.1, -0.05) is 53.7 Å². The highest BCUT2D eigenvalue weighted by Crippen LogP contribution is 2.34. The molecule has 0 aliphatic carbocycles. The van der Waals surface area contributed by atoms with Crippen molar-refractivity contribution in [2.75, 3.05) is 13.2 Å². The number of benzene rings is 2. The van der Waals surface area contributed by atoms with Crippen LogP contribution < -0.4 is 9.47 Å². The Morgan fingerprint density at radius 3 is 2.03 bits per heavy atom. The Hall–Kier alpha value is -2.82. The molecule has 0 radical (unpaired) electrons. The van der Waals surface area contributed by atoms with Crippen molar-refractivity contribution in [3.8, 4) is 23.0 Å². The fourth-order valence-electron chi connectivity index (χ4n) is 3.43. The van der Waals surface area contributed by atoms with Gasteiger partial charge in [-0.25, -0.2) is 0 Å². The summed E-state index contributed by atoms with van der Waals surface area (Å²) in [4.78, 5) is 0. The van der Waals surface area contributed by atoms with E-state index in [2.05, 4.69) is 69.9 Å². The number of nitrogens with zero attached hydrogens (tertiary/aromatic N) is 2. The maximum Gasteiger partial charge on any atom is 0.247 e. The van der Waals surface area contributed by atoms with Crippen molar-refractivity contribution in [3.05, 3.63) is 59.0 Å². The molecular formula is C25H30N2O3. The molecule has 3 aromatic rings. The maximum absolute atomic E-state index is 6.06. The van der Waals surface area contributed by atoms with Gasteiger partial charge in [0.25, 0.3) is 0 Å². The molecule has 0 fully saturated rings. The fraction of sp³-hybridized carbons (Fsp3) is 0.440. The lowest BCUT2D eigenvalue weighted by molar-refractivity contribution is 0.171. The largest absolute Gasteiger partial charge is 0.486 e. The van der Waals surface area contributed by atoms with E-state index in [0.29, 0.717) is 31.4 Å². The Morgan fingerprint density at radius 1 is 0.767 bits per heavy atom. The minimum Gasteiger partial charge on any atom is -0.486 e. The van der Waals surface area contributed by atoms with E-state index in [1.54, 1.807) is 0 Å². The van der Waals surface area contributed by atoms with Crippen LogP contribution in [0.5, 0.6) is 11.5 Å². The molecule has 0 saturated carbocycles. The molecule has 4 rings (SSSR count). The van der Waals surface area contributed by atoms with E-state index >= 15 is 0 Å². The maximum atomic E-state index is 6.06. The molecule has 0 N–H and O–H groups in total. The highest BCUT2D eigenvalue weighted by molar-refractivity contribution is 5.58. The van der Waals surface area contributed by atoms with Crippen molar-refractivity contribution in [2.24, 2.45) is 0 Å². The molecule has 0 bridgehead atoms. The van der Waals surface area contributed by atoms with Gasteiger partial charge < -0.3 is 13.9 Å². The van der Waals surface area contributed by atoms with E-state index in [4.69, 9.17) is 13.9 Å². The molecule has 158 valence electrons. The number of fused-ring (bicyclic) bond motifs is 1. The summed E-state index contributed by atoms with van der Waals surface area (Å²) >= 11 is 0. The summed E-state index contributed by atoms with van der Waals surface area (Å²) in [6, 6.07) is 12.5. The number of ether oxygens (including phenoxy) is 2. The molecule has 0 amide bonds. The molecule has 5 heteroatoms. The van der Waals surface area contributed by atoms with Gasteiger partial charge >= 0.3 is 0 Å². The first-order valence-electron chi connectivity index (χ1n) is 10.5. The highest BCUT2D eigenvalue weighted by atomic mass is 16.6. The summed E-state index contributed by atoms with van der Waals surface area (Å²) in [6.07, 6.45) is 0.550. The van der Waals surface area contributed by atoms with E-state index in [9.17, 15) is 0 Å². The van der Waals surface area contributed by atoms with Crippen LogP contribution in [0.25, 0.3) is 11.5 Å². The number of hydrogen-bond donors (Lipinski definition) is 0. The van der Waals surface area contributed by atoms with E-state index in [1.807, 2.05) is 18.2 Å². The van der Waals surface area contributed by atoms with E-state index < -0.39 is 0 Å². The molecular weight excluding hydrogens is 376 g/mol. The first-order chi connectivity index (χ1) is 14.1. The molecule has 30 heavy (non-hydrogen) atoms. The zero-order valence-corrected chi connectivity index (χ0v) is 18.7. The van der Waals surface area contributed by atoms with Crippen LogP contribution in [0, 0.1) is 0 Å². The van der Waals surface area contributed by atoms with Crippen LogP contribution in [-0.2, 0) is 17.3 Å². The first-order valence-corrected chi connectivity index (χ1v) is 10.5. The normalized spacial score (nSPS) is 14.1.